The van der Waals surface area contributed by atoms with Crippen molar-refractivity contribution >= 4 is 11.6 Å². The first-order valence-corrected chi connectivity index (χ1v) is 5.63. The Morgan fingerprint density at radius 3 is 2.87 bits per heavy atom. The molecule has 1 unspecified atom stereocenters. The summed E-state index contributed by atoms with van der Waals surface area (Å²) in [6.45, 7) is 5.17. The lowest BCUT2D eigenvalue weighted by atomic mass is 9.89. The Morgan fingerprint density at radius 1 is 1.47 bits per heavy atom. The van der Waals surface area contributed by atoms with E-state index < -0.39 is 0 Å². The number of halogens is 1. The summed E-state index contributed by atoms with van der Waals surface area (Å²) in [7, 11) is 0. The second kappa shape index (κ2) is 4.12. The van der Waals surface area contributed by atoms with Crippen molar-refractivity contribution < 1.29 is 5.11 Å². The molecule has 2 rings (SSSR count). The molecule has 0 bridgehead atoms. The summed E-state index contributed by atoms with van der Waals surface area (Å²) in [6, 6.07) is 2.20. The van der Waals surface area contributed by atoms with Crippen LogP contribution in [0.15, 0.2) is 6.07 Å². The van der Waals surface area contributed by atoms with Gasteiger partial charge in [-0.2, -0.15) is 0 Å². The van der Waals surface area contributed by atoms with Gasteiger partial charge in [0, 0.05) is 17.6 Å². The molecule has 2 nitrogen and oxygen atoms in total. The Kier molecular flexibility index (Phi) is 3.01. The first-order valence-electron chi connectivity index (χ1n) is 5.25. The molecule has 1 aromatic rings. The average Bonchev–Trinajstić information content (AvgIpc) is 2.25. The minimum Gasteiger partial charge on any atom is -0.395 e. The van der Waals surface area contributed by atoms with Crippen LogP contribution >= 0.6 is 11.6 Å². The summed E-state index contributed by atoms with van der Waals surface area (Å²) in [4.78, 5) is 0. The van der Waals surface area contributed by atoms with E-state index in [1.54, 1.807) is 0 Å². The molecule has 0 aromatic heterocycles. The molecule has 0 fully saturated rings. The van der Waals surface area contributed by atoms with Gasteiger partial charge in [-0.15, -0.1) is 0 Å². The van der Waals surface area contributed by atoms with Gasteiger partial charge in [0.1, 0.15) is 0 Å². The van der Waals surface area contributed by atoms with E-state index in [0.717, 1.165) is 23.6 Å². The Labute approximate surface area is 95.3 Å². The van der Waals surface area contributed by atoms with E-state index in [2.05, 4.69) is 19.2 Å². The molecule has 0 radical (unpaired) electrons. The van der Waals surface area contributed by atoms with Crippen molar-refractivity contribution in [1.82, 2.24) is 5.32 Å². The van der Waals surface area contributed by atoms with Gasteiger partial charge >= 0.3 is 0 Å². The third kappa shape index (κ3) is 1.89. The van der Waals surface area contributed by atoms with Gasteiger partial charge in [0.05, 0.1) is 6.61 Å². The van der Waals surface area contributed by atoms with Gasteiger partial charge < -0.3 is 10.4 Å². The van der Waals surface area contributed by atoms with Crippen LogP contribution in [0.5, 0.6) is 0 Å². The third-order valence-electron chi connectivity index (χ3n) is 3.23. The van der Waals surface area contributed by atoms with E-state index in [1.165, 1.54) is 16.7 Å². The smallest absolute Gasteiger partial charge is 0.0587 e. The lowest BCUT2D eigenvalue weighted by Crippen LogP contribution is -2.39. The molecule has 0 aliphatic carbocycles. The van der Waals surface area contributed by atoms with Crippen LogP contribution < -0.4 is 5.32 Å². The number of aliphatic hydroxyl groups is 1. The molecule has 0 saturated carbocycles. The number of benzene rings is 1. The summed E-state index contributed by atoms with van der Waals surface area (Å²) in [5.41, 5.74) is 5.07. The minimum absolute atomic E-state index is 0.175. The topological polar surface area (TPSA) is 32.3 Å². The Hall–Kier alpha value is -0.570. The van der Waals surface area contributed by atoms with Gasteiger partial charge in [-0.3, -0.25) is 0 Å². The van der Waals surface area contributed by atoms with E-state index in [1.807, 2.05) is 6.07 Å². The van der Waals surface area contributed by atoms with E-state index in [4.69, 9.17) is 16.7 Å². The fourth-order valence-corrected chi connectivity index (χ4v) is 2.49. The highest BCUT2D eigenvalue weighted by molar-refractivity contribution is 6.31. The molecular weight excluding hydrogens is 210 g/mol. The maximum atomic E-state index is 9.15. The van der Waals surface area contributed by atoms with Crippen molar-refractivity contribution in [3.63, 3.8) is 0 Å². The third-order valence-corrected chi connectivity index (χ3v) is 3.63. The SMILES string of the molecule is Cc1cc(Cl)c(C)c2c1CNC(CO)C2. The Bertz CT molecular complexity index is 390. The van der Waals surface area contributed by atoms with Gasteiger partial charge in [-0.1, -0.05) is 11.6 Å². The fraction of sp³-hybridized carbons (Fsp3) is 0.500. The maximum Gasteiger partial charge on any atom is 0.0587 e. The summed E-state index contributed by atoms with van der Waals surface area (Å²) in [5.74, 6) is 0. The lowest BCUT2D eigenvalue weighted by Gasteiger charge is -2.28. The second-order valence-electron chi connectivity index (χ2n) is 4.22. The van der Waals surface area contributed by atoms with Crippen molar-refractivity contribution in [2.45, 2.75) is 32.9 Å². The van der Waals surface area contributed by atoms with Crippen LogP contribution in [0.2, 0.25) is 5.02 Å². The minimum atomic E-state index is 0.175. The molecule has 1 aliphatic heterocycles. The number of aryl methyl sites for hydroxylation is 1. The van der Waals surface area contributed by atoms with Crippen LogP contribution in [-0.2, 0) is 13.0 Å². The van der Waals surface area contributed by atoms with Crippen LogP contribution in [0.1, 0.15) is 22.3 Å². The first-order chi connectivity index (χ1) is 7.13. The molecule has 1 heterocycles. The van der Waals surface area contributed by atoms with Crippen LogP contribution in [0, 0.1) is 13.8 Å². The molecule has 1 aromatic carbocycles. The zero-order valence-electron chi connectivity index (χ0n) is 9.10. The van der Waals surface area contributed by atoms with Crippen molar-refractivity contribution in [2.24, 2.45) is 0 Å². The van der Waals surface area contributed by atoms with E-state index >= 15 is 0 Å². The Balaban J connectivity index is 2.48. The predicted octanol–water partition coefficient (Wildman–Crippen LogP) is 1.96. The van der Waals surface area contributed by atoms with Crippen molar-refractivity contribution in [3.05, 3.63) is 33.3 Å². The van der Waals surface area contributed by atoms with Crippen LogP contribution in [0.3, 0.4) is 0 Å². The highest BCUT2D eigenvalue weighted by Crippen LogP contribution is 2.29. The Morgan fingerprint density at radius 2 is 2.20 bits per heavy atom. The van der Waals surface area contributed by atoms with Gasteiger partial charge in [-0.25, -0.2) is 0 Å². The number of hydrogen-bond acceptors (Lipinski definition) is 2. The number of hydrogen-bond donors (Lipinski definition) is 2. The zero-order valence-corrected chi connectivity index (χ0v) is 9.86. The van der Waals surface area contributed by atoms with Gasteiger partial charge in [0.25, 0.3) is 0 Å². The molecule has 1 aliphatic rings. The number of rotatable bonds is 1. The molecule has 2 N–H and O–H groups in total. The average molecular weight is 226 g/mol. The molecular formula is C12H16ClNO. The number of nitrogens with one attached hydrogen (secondary N) is 1. The quantitative estimate of drug-likeness (QED) is 0.766. The van der Waals surface area contributed by atoms with E-state index in [-0.39, 0.29) is 12.6 Å². The van der Waals surface area contributed by atoms with E-state index in [9.17, 15) is 0 Å². The summed E-state index contributed by atoms with van der Waals surface area (Å²) >= 11 is 6.16. The maximum absolute atomic E-state index is 9.15. The lowest BCUT2D eigenvalue weighted by molar-refractivity contribution is 0.235. The molecule has 15 heavy (non-hydrogen) atoms. The predicted molar refractivity (Wildman–Crippen MR) is 62.3 cm³/mol. The van der Waals surface area contributed by atoms with Crippen molar-refractivity contribution in [1.29, 1.82) is 0 Å². The number of fused-ring (bicyclic) bond motifs is 1. The number of aliphatic hydroxyl groups excluding tert-OH is 1. The van der Waals surface area contributed by atoms with Crippen molar-refractivity contribution in [3.8, 4) is 0 Å². The fourth-order valence-electron chi connectivity index (χ4n) is 2.21. The highest BCUT2D eigenvalue weighted by atomic mass is 35.5. The van der Waals surface area contributed by atoms with Crippen LogP contribution in [0.25, 0.3) is 0 Å². The molecule has 82 valence electrons. The largest absolute Gasteiger partial charge is 0.395 e. The van der Waals surface area contributed by atoms with Crippen molar-refractivity contribution in [2.75, 3.05) is 6.61 Å². The van der Waals surface area contributed by atoms with Crippen LogP contribution in [-0.4, -0.2) is 17.8 Å². The first kappa shape index (κ1) is 10.9. The molecule has 1 atom stereocenters. The molecule has 0 saturated heterocycles. The summed E-state index contributed by atoms with van der Waals surface area (Å²) in [6.07, 6.45) is 0.874. The molecule has 3 heteroatoms. The molecule has 0 spiro atoms. The highest BCUT2D eigenvalue weighted by Gasteiger charge is 2.21. The zero-order chi connectivity index (χ0) is 11.0. The van der Waals surface area contributed by atoms with Gasteiger partial charge in [-0.05, 0) is 48.6 Å². The van der Waals surface area contributed by atoms with Gasteiger partial charge in [0.2, 0.25) is 0 Å². The summed E-state index contributed by atoms with van der Waals surface area (Å²) in [5, 5.41) is 13.3. The normalized spacial score (nSPS) is 20.1. The standard InChI is InChI=1S/C12H16ClNO/c1-7-3-12(13)8(2)10-4-9(6-15)14-5-11(7)10/h3,9,14-15H,4-6H2,1-2H3. The monoisotopic (exact) mass is 225 g/mol. The second-order valence-corrected chi connectivity index (χ2v) is 4.63. The summed E-state index contributed by atoms with van der Waals surface area (Å²) < 4.78 is 0. The van der Waals surface area contributed by atoms with E-state index in [0.29, 0.717) is 0 Å². The van der Waals surface area contributed by atoms with Gasteiger partial charge in [0.15, 0.2) is 0 Å². The van der Waals surface area contributed by atoms with Crippen LogP contribution in [0.4, 0.5) is 0 Å². The molecule has 0 amide bonds.